The molecule has 1 spiro atoms. The first kappa shape index (κ1) is 7.63. The van der Waals surface area contributed by atoms with Gasteiger partial charge in [-0.3, -0.25) is 0 Å². The van der Waals surface area contributed by atoms with Gasteiger partial charge in [-0.25, -0.2) is 0 Å². The lowest BCUT2D eigenvalue weighted by Crippen LogP contribution is -2.28. The minimum atomic E-state index is 0.0534. The molecular formula is C11H14O2. The standard InChI is InChI=1S/C11H14O2/c1-10(2)4-5-11(7-13-11)8-3-6-12-9(8)10/h3,6H,4-5,7H2,1-2H3. The van der Waals surface area contributed by atoms with Crippen molar-refractivity contribution in [2.75, 3.05) is 6.61 Å². The second-order valence-electron chi connectivity index (χ2n) is 4.83. The molecule has 1 saturated heterocycles. The summed E-state index contributed by atoms with van der Waals surface area (Å²) in [6.45, 7) is 5.37. The molecule has 1 aliphatic carbocycles. The van der Waals surface area contributed by atoms with Crippen LogP contribution in [0.3, 0.4) is 0 Å². The van der Waals surface area contributed by atoms with Crippen LogP contribution in [0.5, 0.6) is 0 Å². The molecule has 0 amide bonds. The molecule has 1 aliphatic heterocycles. The molecule has 0 N–H and O–H groups in total. The Morgan fingerprint density at radius 1 is 1.31 bits per heavy atom. The third-order valence-corrected chi connectivity index (χ3v) is 3.42. The number of epoxide rings is 1. The average Bonchev–Trinajstić information content (AvgIpc) is 2.66. The number of hydrogen-bond acceptors (Lipinski definition) is 2. The van der Waals surface area contributed by atoms with Gasteiger partial charge in [-0.15, -0.1) is 0 Å². The fourth-order valence-corrected chi connectivity index (χ4v) is 2.34. The summed E-state index contributed by atoms with van der Waals surface area (Å²) in [6, 6.07) is 2.07. The van der Waals surface area contributed by atoms with Crippen LogP contribution >= 0.6 is 0 Å². The van der Waals surface area contributed by atoms with Crippen molar-refractivity contribution in [2.24, 2.45) is 0 Å². The molecule has 1 atom stereocenters. The van der Waals surface area contributed by atoms with E-state index in [1.165, 1.54) is 5.56 Å². The maximum absolute atomic E-state index is 5.57. The number of ether oxygens (including phenoxy) is 1. The second-order valence-corrected chi connectivity index (χ2v) is 4.83. The lowest BCUT2D eigenvalue weighted by atomic mass is 9.73. The van der Waals surface area contributed by atoms with Gasteiger partial charge in [-0.1, -0.05) is 13.8 Å². The predicted molar refractivity (Wildman–Crippen MR) is 48.6 cm³/mol. The number of hydrogen-bond donors (Lipinski definition) is 0. The SMILES string of the molecule is CC1(C)CCC2(CO2)c2ccoc21. The Morgan fingerprint density at radius 3 is 2.77 bits per heavy atom. The predicted octanol–water partition coefficient (Wildman–Crippen LogP) is 2.58. The Bertz CT molecular complexity index is 324. The summed E-state index contributed by atoms with van der Waals surface area (Å²) in [5.74, 6) is 1.14. The van der Waals surface area contributed by atoms with Gasteiger partial charge >= 0.3 is 0 Å². The molecule has 1 aromatic rings. The Kier molecular flexibility index (Phi) is 1.18. The summed E-state index contributed by atoms with van der Waals surface area (Å²) >= 11 is 0. The zero-order valence-corrected chi connectivity index (χ0v) is 8.09. The number of rotatable bonds is 0. The molecule has 0 bridgehead atoms. The van der Waals surface area contributed by atoms with Crippen LogP contribution in [-0.4, -0.2) is 6.61 Å². The first-order valence-corrected chi connectivity index (χ1v) is 4.87. The van der Waals surface area contributed by atoms with E-state index in [-0.39, 0.29) is 11.0 Å². The van der Waals surface area contributed by atoms with Crippen LogP contribution in [-0.2, 0) is 15.8 Å². The summed E-state index contributed by atoms with van der Waals surface area (Å²) in [7, 11) is 0. The number of fused-ring (bicyclic) bond motifs is 2. The van der Waals surface area contributed by atoms with E-state index in [0.29, 0.717) is 0 Å². The van der Waals surface area contributed by atoms with Crippen molar-refractivity contribution in [3.63, 3.8) is 0 Å². The highest BCUT2D eigenvalue weighted by Crippen LogP contribution is 2.53. The summed E-state index contributed by atoms with van der Waals surface area (Å²) in [5, 5.41) is 0. The fourth-order valence-electron chi connectivity index (χ4n) is 2.34. The third kappa shape index (κ3) is 0.869. The van der Waals surface area contributed by atoms with E-state index in [1.807, 2.05) is 0 Å². The van der Waals surface area contributed by atoms with Crippen molar-refractivity contribution in [3.05, 3.63) is 23.7 Å². The molecule has 2 heteroatoms. The molecule has 2 heterocycles. The Balaban J connectivity index is 2.17. The fraction of sp³-hybridized carbons (Fsp3) is 0.636. The van der Waals surface area contributed by atoms with Gasteiger partial charge in [-0.05, 0) is 18.9 Å². The first-order valence-electron chi connectivity index (χ1n) is 4.87. The zero-order valence-electron chi connectivity index (χ0n) is 8.09. The summed E-state index contributed by atoms with van der Waals surface area (Å²) in [5.41, 5.74) is 1.54. The van der Waals surface area contributed by atoms with Gasteiger partial charge in [0, 0.05) is 11.0 Å². The maximum Gasteiger partial charge on any atom is 0.120 e. The van der Waals surface area contributed by atoms with Gasteiger partial charge in [0.1, 0.15) is 11.4 Å². The van der Waals surface area contributed by atoms with Crippen molar-refractivity contribution in [3.8, 4) is 0 Å². The lowest BCUT2D eigenvalue weighted by molar-refractivity contribution is 0.222. The summed E-state index contributed by atoms with van der Waals surface area (Å²) in [4.78, 5) is 0. The highest BCUT2D eigenvalue weighted by Gasteiger charge is 2.54. The Labute approximate surface area is 77.9 Å². The van der Waals surface area contributed by atoms with Gasteiger partial charge in [0.15, 0.2) is 0 Å². The van der Waals surface area contributed by atoms with Crippen molar-refractivity contribution in [1.29, 1.82) is 0 Å². The molecule has 3 rings (SSSR count). The first-order chi connectivity index (χ1) is 6.14. The molecule has 70 valence electrons. The van der Waals surface area contributed by atoms with Crippen LogP contribution in [0.15, 0.2) is 16.7 Å². The van der Waals surface area contributed by atoms with Crippen molar-refractivity contribution < 1.29 is 9.15 Å². The second kappa shape index (κ2) is 2.01. The molecule has 0 radical (unpaired) electrons. The van der Waals surface area contributed by atoms with Gasteiger partial charge < -0.3 is 9.15 Å². The van der Waals surface area contributed by atoms with E-state index < -0.39 is 0 Å². The molecule has 1 fully saturated rings. The minimum Gasteiger partial charge on any atom is -0.468 e. The smallest absolute Gasteiger partial charge is 0.120 e. The molecule has 0 saturated carbocycles. The van der Waals surface area contributed by atoms with Crippen LogP contribution < -0.4 is 0 Å². The van der Waals surface area contributed by atoms with E-state index >= 15 is 0 Å². The molecule has 0 aromatic carbocycles. The molecule has 1 unspecified atom stereocenters. The van der Waals surface area contributed by atoms with E-state index in [9.17, 15) is 0 Å². The van der Waals surface area contributed by atoms with E-state index in [4.69, 9.17) is 9.15 Å². The topological polar surface area (TPSA) is 25.7 Å². The minimum absolute atomic E-state index is 0.0534. The molecular weight excluding hydrogens is 164 g/mol. The number of furan rings is 1. The highest BCUT2D eigenvalue weighted by molar-refractivity contribution is 5.36. The van der Waals surface area contributed by atoms with E-state index in [1.54, 1.807) is 6.26 Å². The molecule has 13 heavy (non-hydrogen) atoms. The van der Waals surface area contributed by atoms with Gasteiger partial charge in [0.25, 0.3) is 0 Å². The van der Waals surface area contributed by atoms with Crippen molar-refractivity contribution in [1.82, 2.24) is 0 Å². The lowest BCUT2D eigenvalue weighted by Gasteiger charge is -2.31. The van der Waals surface area contributed by atoms with Crippen molar-refractivity contribution in [2.45, 2.75) is 37.7 Å². The van der Waals surface area contributed by atoms with Crippen LogP contribution in [0.2, 0.25) is 0 Å². The van der Waals surface area contributed by atoms with Crippen LogP contribution in [0, 0.1) is 0 Å². The normalized spacial score (nSPS) is 34.6. The van der Waals surface area contributed by atoms with Crippen LogP contribution in [0.1, 0.15) is 38.0 Å². The molecule has 2 aliphatic rings. The quantitative estimate of drug-likeness (QED) is 0.570. The Morgan fingerprint density at radius 2 is 2.08 bits per heavy atom. The zero-order chi connectivity index (χ0) is 9.10. The van der Waals surface area contributed by atoms with Crippen LogP contribution in [0.4, 0.5) is 0 Å². The monoisotopic (exact) mass is 178 g/mol. The largest absolute Gasteiger partial charge is 0.468 e. The summed E-state index contributed by atoms with van der Waals surface area (Å²) in [6.07, 6.45) is 4.10. The van der Waals surface area contributed by atoms with Gasteiger partial charge in [-0.2, -0.15) is 0 Å². The molecule has 2 nitrogen and oxygen atoms in total. The van der Waals surface area contributed by atoms with E-state index in [0.717, 1.165) is 25.2 Å². The maximum atomic E-state index is 5.57. The highest BCUT2D eigenvalue weighted by atomic mass is 16.6. The summed E-state index contributed by atoms with van der Waals surface area (Å²) < 4.78 is 11.1. The molecule has 1 aromatic heterocycles. The average molecular weight is 178 g/mol. The Hall–Kier alpha value is -0.760. The third-order valence-electron chi connectivity index (χ3n) is 3.42. The van der Waals surface area contributed by atoms with Crippen molar-refractivity contribution >= 4 is 0 Å². The van der Waals surface area contributed by atoms with Crippen LogP contribution in [0.25, 0.3) is 0 Å². The van der Waals surface area contributed by atoms with E-state index in [2.05, 4.69) is 19.9 Å². The van der Waals surface area contributed by atoms with Gasteiger partial charge in [0.05, 0.1) is 12.9 Å². The van der Waals surface area contributed by atoms with Gasteiger partial charge in [0.2, 0.25) is 0 Å².